The SMILES string of the molecule is CC.CC(C)(C)c1cc(C2CC2)cc2cc(CN)nn12. The Morgan fingerprint density at radius 2 is 1.85 bits per heavy atom. The molecule has 1 saturated carbocycles. The number of hydrogen-bond acceptors (Lipinski definition) is 2. The summed E-state index contributed by atoms with van der Waals surface area (Å²) in [6.45, 7) is 11.2. The molecule has 1 aliphatic rings. The van der Waals surface area contributed by atoms with Gasteiger partial charge >= 0.3 is 0 Å². The lowest BCUT2D eigenvalue weighted by molar-refractivity contribution is 0.546. The fraction of sp³-hybridized carbons (Fsp3) is 0.588. The van der Waals surface area contributed by atoms with Gasteiger partial charge in [-0.25, -0.2) is 4.52 Å². The first kappa shape index (κ1) is 15.0. The maximum atomic E-state index is 5.71. The van der Waals surface area contributed by atoms with Crippen molar-refractivity contribution in [3.8, 4) is 0 Å². The van der Waals surface area contributed by atoms with Crippen molar-refractivity contribution in [3.05, 3.63) is 35.2 Å². The van der Waals surface area contributed by atoms with Crippen LogP contribution < -0.4 is 5.73 Å². The second kappa shape index (κ2) is 5.57. The summed E-state index contributed by atoms with van der Waals surface area (Å²) in [5, 5.41) is 4.61. The normalized spacial score (nSPS) is 15.1. The van der Waals surface area contributed by atoms with Gasteiger partial charge in [-0.15, -0.1) is 0 Å². The van der Waals surface area contributed by atoms with Crippen LogP contribution in [0.5, 0.6) is 0 Å². The summed E-state index contributed by atoms with van der Waals surface area (Å²) in [7, 11) is 0. The predicted octanol–water partition coefficient (Wildman–Crippen LogP) is 3.99. The molecule has 0 radical (unpaired) electrons. The maximum Gasteiger partial charge on any atom is 0.0770 e. The Hall–Kier alpha value is -1.35. The van der Waals surface area contributed by atoms with Gasteiger partial charge in [-0.05, 0) is 42.5 Å². The van der Waals surface area contributed by atoms with Gasteiger partial charge in [0.15, 0.2) is 0 Å². The number of fused-ring (bicyclic) bond motifs is 1. The quantitative estimate of drug-likeness (QED) is 0.899. The summed E-state index contributed by atoms with van der Waals surface area (Å²) < 4.78 is 2.06. The second-order valence-electron chi connectivity index (χ2n) is 6.37. The monoisotopic (exact) mass is 273 g/mol. The summed E-state index contributed by atoms with van der Waals surface area (Å²) in [5.74, 6) is 0.771. The number of rotatable bonds is 2. The first-order valence-electron chi connectivity index (χ1n) is 7.72. The van der Waals surface area contributed by atoms with Gasteiger partial charge in [0, 0.05) is 17.7 Å². The molecule has 2 aromatic rings. The first-order valence-corrected chi connectivity index (χ1v) is 7.72. The number of nitrogens with zero attached hydrogens (tertiary/aromatic N) is 2. The molecule has 3 nitrogen and oxygen atoms in total. The molecule has 3 heteroatoms. The van der Waals surface area contributed by atoms with Crippen molar-refractivity contribution < 1.29 is 0 Å². The van der Waals surface area contributed by atoms with E-state index in [4.69, 9.17) is 5.73 Å². The third kappa shape index (κ3) is 2.88. The van der Waals surface area contributed by atoms with Gasteiger partial charge in [-0.1, -0.05) is 34.6 Å². The Morgan fingerprint density at radius 3 is 2.35 bits per heavy atom. The summed E-state index contributed by atoms with van der Waals surface area (Å²) in [6.07, 6.45) is 2.66. The van der Waals surface area contributed by atoms with E-state index in [1.165, 1.54) is 29.6 Å². The minimum Gasteiger partial charge on any atom is -0.325 e. The molecule has 20 heavy (non-hydrogen) atoms. The summed E-state index contributed by atoms with van der Waals surface area (Å²) in [6, 6.07) is 6.72. The molecule has 0 atom stereocenters. The van der Waals surface area contributed by atoms with Crippen LogP contribution >= 0.6 is 0 Å². The molecule has 3 rings (SSSR count). The molecular weight excluding hydrogens is 246 g/mol. The van der Waals surface area contributed by atoms with E-state index in [9.17, 15) is 0 Å². The van der Waals surface area contributed by atoms with E-state index in [-0.39, 0.29) is 5.41 Å². The van der Waals surface area contributed by atoms with Crippen molar-refractivity contribution in [2.45, 2.75) is 65.3 Å². The summed E-state index contributed by atoms with van der Waals surface area (Å²) in [5.41, 5.74) is 10.7. The Morgan fingerprint density at radius 1 is 1.20 bits per heavy atom. The molecule has 0 aromatic carbocycles. The molecule has 110 valence electrons. The third-order valence-corrected chi connectivity index (χ3v) is 3.66. The van der Waals surface area contributed by atoms with Crippen LogP contribution in [-0.2, 0) is 12.0 Å². The van der Waals surface area contributed by atoms with E-state index in [0.29, 0.717) is 6.54 Å². The van der Waals surface area contributed by atoms with Gasteiger partial charge in [0.25, 0.3) is 0 Å². The molecule has 0 amide bonds. The van der Waals surface area contributed by atoms with Crippen molar-refractivity contribution in [2.75, 3.05) is 0 Å². The number of hydrogen-bond donors (Lipinski definition) is 1. The van der Waals surface area contributed by atoms with Crippen molar-refractivity contribution in [1.29, 1.82) is 0 Å². The highest BCUT2D eigenvalue weighted by atomic mass is 15.2. The second-order valence-corrected chi connectivity index (χ2v) is 6.37. The molecule has 0 saturated heterocycles. The van der Waals surface area contributed by atoms with Crippen LogP contribution in [0.1, 0.15) is 70.3 Å². The molecular formula is C17H27N3. The first-order chi connectivity index (χ1) is 9.49. The molecule has 1 aliphatic carbocycles. The highest BCUT2D eigenvalue weighted by molar-refractivity contribution is 5.53. The molecule has 2 N–H and O–H groups in total. The lowest BCUT2D eigenvalue weighted by atomic mass is 9.90. The van der Waals surface area contributed by atoms with Gasteiger partial charge in [-0.3, -0.25) is 0 Å². The molecule has 0 aliphatic heterocycles. The minimum absolute atomic E-state index is 0.0983. The van der Waals surface area contributed by atoms with E-state index in [2.05, 4.69) is 48.6 Å². The molecule has 0 bridgehead atoms. The zero-order chi connectivity index (χ0) is 14.9. The average Bonchev–Trinajstić information content (AvgIpc) is 3.18. The maximum absolute atomic E-state index is 5.71. The van der Waals surface area contributed by atoms with Crippen LogP contribution in [0.25, 0.3) is 5.52 Å². The molecule has 1 fully saturated rings. The largest absolute Gasteiger partial charge is 0.325 e. The van der Waals surface area contributed by atoms with Gasteiger partial charge in [-0.2, -0.15) is 5.10 Å². The molecule has 0 spiro atoms. The zero-order valence-corrected chi connectivity index (χ0v) is 13.4. The zero-order valence-electron chi connectivity index (χ0n) is 13.4. The van der Waals surface area contributed by atoms with Crippen molar-refractivity contribution in [2.24, 2.45) is 5.73 Å². The number of pyridine rings is 1. The number of aromatic nitrogens is 2. The average molecular weight is 273 g/mol. The van der Waals surface area contributed by atoms with Crippen LogP contribution in [0.3, 0.4) is 0 Å². The van der Waals surface area contributed by atoms with E-state index >= 15 is 0 Å². The van der Waals surface area contributed by atoms with Crippen LogP contribution in [0, 0.1) is 0 Å². The van der Waals surface area contributed by atoms with Gasteiger partial charge in [0.05, 0.1) is 11.2 Å². The van der Waals surface area contributed by atoms with Gasteiger partial charge < -0.3 is 5.73 Å². The number of nitrogens with two attached hydrogens (primary N) is 1. The predicted molar refractivity (Wildman–Crippen MR) is 85.1 cm³/mol. The van der Waals surface area contributed by atoms with E-state index in [1.807, 2.05) is 13.8 Å². The van der Waals surface area contributed by atoms with Crippen LogP contribution in [0.2, 0.25) is 0 Å². The smallest absolute Gasteiger partial charge is 0.0770 e. The van der Waals surface area contributed by atoms with Crippen molar-refractivity contribution in [1.82, 2.24) is 9.61 Å². The lowest BCUT2D eigenvalue weighted by Gasteiger charge is -2.21. The topological polar surface area (TPSA) is 43.3 Å². The Balaban J connectivity index is 0.000000704. The highest BCUT2D eigenvalue weighted by Gasteiger charge is 2.27. The standard InChI is InChI=1S/C15H21N3.C2H6/c1-15(2,3)14-7-11(10-4-5-10)6-13-8-12(9-16)17-18(13)14;1-2/h6-8,10H,4-5,9,16H2,1-3H3;1-2H3. The van der Waals surface area contributed by atoms with E-state index in [1.54, 1.807) is 0 Å². The third-order valence-electron chi connectivity index (χ3n) is 3.66. The van der Waals surface area contributed by atoms with E-state index < -0.39 is 0 Å². The fourth-order valence-corrected chi connectivity index (χ4v) is 2.46. The molecule has 2 heterocycles. The molecule has 0 unspecified atom stereocenters. The van der Waals surface area contributed by atoms with Crippen LogP contribution in [0.4, 0.5) is 0 Å². The fourth-order valence-electron chi connectivity index (χ4n) is 2.46. The minimum atomic E-state index is 0.0983. The van der Waals surface area contributed by atoms with Crippen LogP contribution in [-0.4, -0.2) is 9.61 Å². The van der Waals surface area contributed by atoms with Crippen molar-refractivity contribution in [3.63, 3.8) is 0 Å². The highest BCUT2D eigenvalue weighted by Crippen LogP contribution is 2.41. The van der Waals surface area contributed by atoms with Gasteiger partial charge in [0.1, 0.15) is 0 Å². The van der Waals surface area contributed by atoms with Gasteiger partial charge in [0.2, 0.25) is 0 Å². The summed E-state index contributed by atoms with van der Waals surface area (Å²) in [4.78, 5) is 0. The molecule has 2 aromatic heterocycles. The van der Waals surface area contributed by atoms with Crippen molar-refractivity contribution >= 4 is 5.52 Å². The summed E-state index contributed by atoms with van der Waals surface area (Å²) >= 11 is 0. The Labute approximate surface area is 122 Å². The lowest BCUT2D eigenvalue weighted by Crippen LogP contribution is -2.17. The van der Waals surface area contributed by atoms with Crippen LogP contribution in [0.15, 0.2) is 18.2 Å². The Kier molecular flexibility index (Phi) is 4.19. The Bertz CT molecular complexity index is 586. The van der Waals surface area contributed by atoms with E-state index in [0.717, 1.165) is 11.6 Å².